The van der Waals surface area contributed by atoms with Gasteiger partial charge in [-0.1, -0.05) is 43.7 Å². The molecule has 0 saturated heterocycles. The highest BCUT2D eigenvalue weighted by atomic mass is 15.2. The van der Waals surface area contributed by atoms with Crippen molar-refractivity contribution in [2.45, 2.75) is 52.1 Å². The third-order valence-electron chi connectivity index (χ3n) is 4.20. The molecular weight excluding hydrogens is 244 g/mol. The normalized spacial score (nSPS) is 16.9. The van der Waals surface area contributed by atoms with E-state index >= 15 is 0 Å². The van der Waals surface area contributed by atoms with Gasteiger partial charge in [-0.2, -0.15) is 0 Å². The van der Waals surface area contributed by atoms with Gasteiger partial charge >= 0.3 is 0 Å². The Labute approximate surface area is 124 Å². The van der Waals surface area contributed by atoms with Gasteiger partial charge in [0, 0.05) is 25.2 Å². The molecule has 1 aliphatic carbocycles. The van der Waals surface area contributed by atoms with Gasteiger partial charge in [0.25, 0.3) is 0 Å². The van der Waals surface area contributed by atoms with E-state index < -0.39 is 0 Å². The minimum Gasteiger partial charge on any atom is -0.313 e. The maximum absolute atomic E-state index is 3.48. The largest absolute Gasteiger partial charge is 0.313 e. The van der Waals surface area contributed by atoms with Crippen LogP contribution in [0.15, 0.2) is 24.3 Å². The van der Waals surface area contributed by atoms with Crippen molar-refractivity contribution in [3.8, 4) is 0 Å². The van der Waals surface area contributed by atoms with E-state index in [1.165, 1.54) is 43.5 Å². The molecule has 2 nitrogen and oxygen atoms in total. The first-order valence-corrected chi connectivity index (χ1v) is 8.08. The monoisotopic (exact) mass is 274 g/mol. The molecule has 1 saturated carbocycles. The van der Waals surface area contributed by atoms with Crippen molar-refractivity contribution in [2.24, 2.45) is 5.92 Å². The first kappa shape index (κ1) is 15.5. The summed E-state index contributed by atoms with van der Waals surface area (Å²) in [5.74, 6) is 0.767. The molecule has 0 radical (unpaired) electrons. The van der Waals surface area contributed by atoms with Crippen LogP contribution < -0.4 is 5.32 Å². The Morgan fingerprint density at radius 3 is 2.35 bits per heavy atom. The predicted octanol–water partition coefficient (Wildman–Crippen LogP) is 3.77. The van der Waals surface area contributed by atoms with Gasteiger partial charge in [-0.05, 0) is 44.7 Å². The zero-order chi connectivity index (χ0) is 14.5. The molecule has 112 valence electrons. The van der Waals surface area contributed by atoms with E-state index in [1.807, 2.05) is 0 Å². The van der Waals surface area contributed by atoms with Crippen LogP contribution in [-0.4, -0.2) is 31.1 Å². The number of nitrogens with zero attached hydrogens (tertiary/aromatic N) is 1. The Bertz CT molecular complexity index is 392. The minimum atomic E-state index is 0.476. The second kappa shape index (κ2) is 7.24. The average Bonchev–Trinajstić information content (AvgIpc) is 3.24. The summed E-state index contributed by atoms with van der Waals surface area (Å²) >= 11 is 0. The number of hydrogen-bond donors (Lipinski definition) is 1. The highest BCUT2D eigenvalue weighted by molar-refractivity contribution is 5.24. The standard InChI is InChI=1S/C18H30N2/c1-14(2)13-20(17-9-10-17)12-11-18(19-4)16-7-5-15(3)6-8-16/h5-8,14,17-19H,9-13H2,1-4H3. The van der Waals surface area contributed by atoms with Crippen LogP contribution in [0.25, 0.3) is 0 Å². The molecular formula is C18H30N2. The van der Waals surface area contributed by atoms with Crippen molar-refractivity contribution in [1.82, 2.24) is 10.2 Å². The summed E-state index contributed by atoms with van der Waals surface area (Å²) in [7, 11) is 2.08. The van der Waals surface area contributed by atoms with E-state index in [0.717, 1.165) is 12.0 Å². The number of aryl methyl sites for hydroxylation is 1. The first-order valence-electron chi connectivity index (χ1n) is 8.08. The molecule has 0 heterocycles. The lowest BCUT2D eigenvalue weighted by molar-refractivity contribution is 0.223. The van der Waals surface area contributed by atoms with Crippen LogP contribution in [0.4, 0.5) is 0 Å². The molecule has 1 N–H and O–H groups in total. The summed E-state index contributed by atoms with van der Waals surface area (Å²) in [6.07, 6.45) is 4.01. The summed E-state index contributed by atoms with van der Waals surface area (Å²) in [5, 5.41) is 3.48. The maximum atomic E-state index is 3.48. The van der Waals surface area contributed by atoms with E-state index in [9.17, 15) is 0 Å². The highest BCUT2D eigenvalue weighted by Crippen LogP contribution is 2.29. The number of nitrogens with one attached hydrogen (secondary N) is 1. The molecule has 20 heavy (non-hydrogen) atoms. The van der Waals surface area contributed by atoms with E-state index in [2.05, 4.69) is 62.3 Å². The van der Waals surface area contributed by atoms with Crippen LogP contribution >= 0.6 is 0 Å². The Balaban J connectivity index is 1.90. The lowest BCUT2D eigenvalue weighted by Crippen LogP contribution is -2.33. The molecule has 2 heteroatoms. The van der Waals surface area contributed by atoms with Gasteiger partial charge < -0.3 is 10.2 Å². The topological polar surface area (TPSA) is 15.3 Å². The van der Waals surface area contributed by atoms with Crippen molar-refractivity contribution in [1.29, 1.82) is 0 Å². The van der Waals surface area contributed by atoms with Crippen LogP contribution in [-0.2, 0) is 0 Å². The van der Waals surface area contributed by atoms with E-state index in [4.69, 9.17) is 0 Å². The molecule has 0 aromatic heterocycles. The fraction of sp³-hybridized carbons (Fsp3) is 0.667. The van der Waals surface area contributed by atoms with Crippen LogP contribution in [0.3, 0.4) is 0 Å². The van der Waals surface area contributed by atoms with Crippen molar-refractivity contribution in [2.75, 3.05) is 20.1 Å². The lowest BCUT2D eigenvalue weighted by Gasteiger charge is -2.26. The van der Waals surface area contributed by atoms with Gasteiger partial charge in [-0.3, -0.25) is 0 Å². The number of rotatable bonds is 8. The Morgan fingerprint density at radius 1 is 1.20 bits per heavy atom. The van der Waals surface area contributed by atoms with E-state index in [1.54, 1.807) is 0 Å². The van der Waals surface area contributed by atoms with Crippen LogP contribution in [0.2, 0.25) is 0 Å². The van der Waals surface area contributed by atoms with Crippen molar-refractivity contribution in [3.63, 3.8) is 0 Å². The molecule has 1 unspecified atom stereocenters. The third-order valence-corrected chi connectivity index (χ3v) is 4.20. The second-order valence-electron chi connectivity index (χ2n) is 6.66. The third kappa shape index (κ3) is 4.60. The van der Waals surface area contributed by atoms with Crippen LogP contribution in [0.5, 0.6) is 0 Å². The summed E-state index contributed by atoms with van der Waals surface area (Å²) in [6.45, 7) is 9.25. The van der Waals surface area contributed by atoms with Gasteiger partial charge in [0.2, 0.25) is 0 Å². The molecule has 2 rings (SSSR count). The van der Waals surface area contributed by atoms with Crippen LogP contribution in [0.1, 0.15) is 50.3 Å². The maximum Gasteiger partial charge on any atom is 0.0329 e. The molecule has 0 bridgehead atoms. The SMILES string of the molecule is CNC(CCN(CC(C)C)C1CC1)c1ccc(C)cc1. The Morgan fingerprint density at radius 2 is 1.85 bits per heavy atom. The summed E-state index contributed by atoms with van der Waals surface area (Å²) < 4.78 is 0. The smallest absolute Gasteiger partial charge is 0.0329 e. The quantitative estimate of drug-likeness (QED) is 0.776. The predicted molar refractivity (Wildman–Crippen MR) is 87.0 cm³/mol. The number of benzene rings is 1. The molecule has 1 aliphatic rings. The molecule has 0 amide bonds. The van der Waals surface area contributed by atoms with Crippen molar-refractivity contribution in [3.05, 3.63) is 35.4 Å². The second-order valence-corrected chi connectivity index (χ2v) is 6.66. The molecule has 0 aliphatic heterocycles. The molecule has 1 aromatic carbocycles. The average molecular weight is 274 g/mol. The molecule has 0 spiro atoms. The van der Waals surface area contributed by atoms with Gasteiger partial charge in [0.05, 0.1) is 0 Å². The number of hydrogen-bond acceptors (Lipinski definition) is 2. The molecule has 1 atom stereocenters. The van der Waals surface area contributed by atoms with Gasteiger partial charge in [0.15, 0.2) is 0 Å². The van der Waals surface area contributed by atoms with Gasteiger partial charge in [-0.25, -0.2) is 0 Å². The minimum absolute atomic E-state index is 0.476. The zero-order valence-corrected chi connectivity index (χ0v) is 13.5. The Kier molecular flexibility index (Phi) is 5.62. The molecule has 1 aromatic rings. The zero-order valence-electron chi connectivity index (χ0n) is 13.5. The van der Waals surface area contributed by atoms with Crippen molar-refractivity contribution < 1.29 is 0 Å². The van der Waals surface area contributed by atoms with E-state index in [0.29, 0.717) is 6.04 Å². The van der Waals surface area contributed by atoms with Crippen molar-refractivity contribution >= 4 is 0 Å². The first-order chi connectivity index (χ1) is 9.60. The van der Waals surface area contributed by atoms with E-state index in [-0.39, 0.29) is 0 Å². The molecule has 1 fully saturated rings. The fourth-order valence-corrected chi connectivity index (χ4v) is 2.90. The fourth-order valence-electron chi connectivity index (χ4n) is 2.90. The van der Waals surface area contributed by atoms with Gasteiger partial charge in [0.1, 0.15) is 0 Å². The Hall–Kier alpha value is -0.860. The lowest BCUT2D eigenvalue weighted by atomic mass is 10.0. The highest BCUT2D eigenvalue weighted by Gasteiger charge is 2.29. The summed E-state index contributed by atoms with van der Waals surface area (Å²) in [6, 6.07) is 10.3. The summed E-state index contributed by atoms with van der Waals surface area (Å²) in [5.41, 5.74) is 2.75. The van der Waals surface area contributed by atoms with Crippen LogP contribution in [0, 0.1) is 12.8 Å². The summed E-state index contributed by atoms with van der Waals surface area (Å²) in [4.78, 5) is 2.70. The van der Waals surface area contributed by atoms with Gasteiger partial charge in [-0.15, -0.1) is 0 Å².